The summed E-state index contributed by atoms with van der Waals surface area (Å²) in [5.41, 5.74) is 8.07. The van der Waals surface area contributed by atoms with Crippen molar-refractivity contribution >= 4 is 23.1 Å². The molecule has 24 heavy (non-hydrogen) atoms. The first-order valence-electron chi connectivity index (χ1n) is 7.43. The van der Waals surface area contributed by atoms with E-state index in [2.05, 4.69) is 25.6 Å². The quantitative estimate of drug-likeness (QED) is 0.612. The summed E-state index contributed by atoms with van der Waals surface area (Å²) in [5, 5.41) is 6.04. The molecular weight excluding hydrogens is 324 g/mol. The van der Waals surface area contributed by atoms with Crippen LogP contribution in [0, 0.1) is 0 Å². The van der Waals surface area contributed by atoms with Crippen molar-refractivity contribution in [1.82, 2.24) is 26.0 Å². The van der Waals surface area contributed by atoms with Gasteiger partial charge in [0.1, 0.15) is 11.6 Å². The second kappa shape index (κ2) is 7.82. The predicted molar refractivity (Wildman–Crippen MR) is 92.4 cm³/mol. The fourth-order valence-electron chi connectivity index (χ4n) is 2.07. The van der Waals surface area contributed by atoms with E-state index in [-0.39, 0.29) is 12.5 Å². The molecule has 0 atom stereocenters. The molecule has 7 nitrogen and oxygen atoms in total. The van der Waals surface area contributed by atoms with E-state index in [1.807, 2.05) is 12.1 Å². The van der Waals surface area contributed by atoms with Gasteiger partial charge in [0.25, 0.3) is 5.91 Å². The number of amides is 1. The van der Waals surface area contributed by atoms with Gasteiger partial charge < -0.3 is 15.6 Å². The Morgan fingerprint density at radius 3 is 2.83 bits per heavy atom. The van der Waals surface area contributed by atoms with E-state index in [1.54, 1.807) is 30.7 Å². The molecule has 0 saturated carbocycles. The lowest BCUT2D eigenvalue weighted by Gasteiger charge is -2.03. The first kappa shape index (κ1) is 16.3. The summed E-state index contributed by atoms with van der Waals surface area (Å²) in [4.78, 5) is 25.2. The zero-order valence-electron chi connectivity index (χ0n) is 12.9. The highest BCUT2D eigenvalue weighted by atomic mass is 32.1. The average molecular weight is 341 g/mol. The maximum absolute atomic E-state index is 12.2. The van der Waals surface area contributed by atoms with Crippen LogP contribution in [0.2, 0.25) is 0 Å². The van der Waals surface area contributed by atoms with Crippen molar-refractivity contribution in [2.45, 2.75) is 19.6 Å². The van der Waals surface area contributed by atoms with Crippen molar-refractivity contribution < 1.29 is 4.79 Å². The van der Waals surface area contributed by atoms with E-state index in [0.29, 0.717) is 23.8 Å². The summed E-state index contributed by atoms with van der Waals surface area (Å²) < 4.78 is 0. The number of pyridine rings is 1. The zero-order chi connectivity index (χ0) is 16.8. The minimum absolute atomic E-state index is 0.177. The lowest BCUT2D eigenvalue weighted by atomic mass is 10.3. The maximum atomic E-state index is 12.2. The van der Waals surface area contributed by atoms with Gasteiger partial charge >= 0.3 is 0 Å². The monoisotopic (exact) mass is 341 g/mol. The zero-order valence-corrected chi connectivity index (χ0v) is 13.7. The number of hydrogen-bond donors (Lipinski definition) is 3. The van der Waals surface area contributed by atoms with Crippen LogP contribution in [-0.2, 0) is 19.6 Å². The van der Waals surface area contributed by atoms with Crippen LogP contribution in [0.25, 0.3) is 0 Å². The van der Waals surface area contributed by atoms with Gasteiger partial charge in [-0.15, -0.1) is 11.3 Å². The predicted octanol–water partition coefficient (Wildman–Crippen LogP) is 2.19. The van der Waals surface area contributed by atoms with Gasteiger partial charge in [0.2, 0.25) is 0 Å². The van der Waals surface area contributed by atoms with Crippen LogP contribution in [-0.4, -0.2) is 20.9 Å². The number of H-pyrrole nitrogens is 1. The molecule has 0 spiro atoms. The molecule has 3 aromatic rings. The Kier molecular flexibility index (Phi) is 5.32. The molecule has 0 bridgehead atoms. The number of thiophene rings is 1. The van der Waals surface area contributed by atoms with Gasteiger partial charge in [-0.2, -0.15) is 0 Å². The highest BCUT2D eigenvalue weighted by molar-refractivity contribution is 7.14. The fourth-order valence-corrected chi connectivity index (χ4v) is 2.95. The highest BCUT2D eigenvalue weighted by Gasteiger charge is 2.10. The Balaban J connectivity index is 1.52. The van der Waals surface area contributed by atoms with Crippen molar-refractivity contribution in [3.05, 3.63) is 64.0 Å². The Hall–Kier alpha value is -2.55. The van der Waals surface area contributed by atoms with Gasteiger partial charge in [-0.25, -0.2) is 9.97 Å². The third kappa shape index (κ3) is 4.25. The Labute approximate surface area is 143 Å². The molecule has 3 rings (SSSR count). The van der Waals surface area contributed by atoms with Crippen LogP contribution in [0.5, 0.6) is 0 Å². The van der Waals surface area contributed by atoms with Gasteiger partial charge in [0, 0.05) is 36.6 Å². The SMILES string of the molecule is [NH]Cc1ccc(NC(=O)c2ccc(CNCc3ncc[nH]3)s2)nc1. The smallest absolute Gasteiger partial charge is 0.266 e. The summed E-state index contributed by atoms with van der Waals surface area (Å²) in [6, 6.07) is 7.24. The normalized spacial score (nSPS) is 10.7. The van der Waals surface area contributed by atoms with Crippen molar-refractivity contribution in [1.29, 1.82) is 0 Å². The average Bonchev–Trinajstić information content (AvgIpc) is 3.27. The molecule has 0 aliphatic rings. The molecule has 1 radical (unpaired) electrons. The Morgan fingerprint density at radius 2 is 2.12 bits per heavy atom. The molecule has 0 aliphatic carbocycles. The lowest BCUT2D eigenvalue weighted by molar-refractivity contribution is 0.103. The van der Waals surface area contributed by atoms with Crippen molar-refractivity contribution in [2.75, 3.05) is 5.32 Å². The molecule has 0 aromatic carbocycles. The van der Waals surface area contributed by atoms with E-state index in [4.69, 9.17) is 5.73 Å². The number of aromatic amines is 1. The van der Waals surface area contributed by atoms with Crippen LogP contribution in [0.4, 0.5) is 5.82 Å². The standard InChI is InChI=1S/C16H17N6OS/c17-7-11-1-4-14(21-8-11)22-16(23)13-3-2-12(24-13)9-18-10-15-19-5-6-20-15/h1-6,8,17-18H,7,9-10H2,(H,19,20)(H,21,22,23). The number of nitrogens with one attached hydrogen (secondary N) is 4. The summed E-state index contributed by atoms with van der Waals surface area (Å²) >= 11 is 1.44. The molecule has 0 unspecified atom stereocenters. The summed E-state index contributed by atoms with van der Waals surface area (Å²) in [6.07, 6.45) is 5.10. The third-order valence-electron chi connectivity index (χ3n) is 3.30. The summed E-state index contributed by atoms with van der Waals surface area (Å²) in [6.45, 7) is 1.51. The minimum atomic E-state index is -0.177. The third-order valence-corrected chi connectivity index (χ3v) is 4.39. The second-order valence-corrected chi connectivity index (χ2v) is 6.26. The van der Waals surface area contributed by atoms with Gasteiger partial charge in [-0.05, 0) is 23.8 Å². The fraction of sp³-hybridized carbons (Fsp3) is 0.188. The van der Waals surface area contributed by atoms with Gasteiger partial charge in [-0.3, -0.25) is 10.5 Å². The molecule has 3 heterocycles. The maximum Gasteiger partial charge on any atom is 0.266 e. The molecule has 3 aromatic heterocycles. The lowest BCUT2D eigenvalue weighted by Crippen LogP contribution is -2.13. The summed E-state index contributed by atoms with van der Waals surface area (Å²) in [7, 11) is 0. The van der Waals surface area contributed by atoms with E-state index in [0.717, 1.165) is 16.3 Å². The number of imidazole rings is 1. The number of nitrogens with zero attached hydrogens (tertiary/aromatic N) is 2. The second-order valence-electron chi connectivity index (χ2n) is 5.09. The van der Waals surface area contributed by atoms with E-state index in [9.17, 15) is 4.79 Å². The molecule has 1 amide bonds. The van der Waals surface area contributed by atoms with Crippen LogP contribution < -0.4 is 16.4 Å². The number of carbonyl (C=O) groups is 1. The molecule has 8 heteroatoms. The number of carbonyl (C=O) groups excluding carboxylic acids is 1. The van der Waals surface area contributed by atoms with E-state index in [1.165, 1.54) is 11.3 Å². The Morgan fingerprint density at radius 1 is 1.21 bits per heavy atom. The largest absolute Gasteiger partial charge is 0.348 e. The molecule has 123 valence electrons. The topological polar surface area (TPSA) is 106 Å². The minimum Gasteiger partial charge on any atom is -0.348 e. The number of hydrogen-bond acceptors (Lipinski definition) is 5. The van der Waals surface area contributed by atoms with Crippen LogP contribution in [0.1, 0.15) is 25.9 Å². The van der Waals surface area contributed by atoms with Crippen molar-refractivity contribution in [2.24, 2.45) is 0 Å². The molecule has 4 N–H and O–H groups in total. The number of aromatic nitrogens is 3. The first-order valence-corrected chi connectivity index (χ1v) is 8.25. The summed E-state index contributed by atoms with van der Waals surface area (Å²) in [5.74, 6) is 1.19. The van der Waals surface area contributed by atoms with Gasteiger partial charge in [0.15, 0.2) is 0 Å². The molecular formula is C16H17N6OS. The molecule has 0 aliphatic heterocycles. The number of rotatable bonds is 7. The highest BCUT2D eigenvalue weighted by Crippen LogP contribution is 2.18. The van der Waals surface area contributed by atoms with E-state index < -0.39 is 0 Å². The van der Waals surface area contributed by atoms with Gasteiger partial charge in [-0.1, -0.05) is 6.07 Å². The first-order chi connectivity index (χ1) is 11.7. The van der Waals surface area contributed by atoms with Crippen molar-refractivity contribution in [3.8, 4) is 0 Å². The molecule has 0 saturated heterocycles. The van der Waals surface area contributed by atoms with E-state index >= 15 is 0 Å². The number of anilines is 1. The van der Waals surface area contributed by atoms with Crippen LogP contribution in [0.3, 0.4) is 0 Å². The Bertz CT molecular complexity index is 781. The molecule has 0 fully saturated rings. The van der Waals surface area contributed by atoms with Crippen LogP contribution >= 0.6 is 11.3 Å². The van der Waals surface area contributed by atoms with Gasteiger partial charge in [0.05, 0.1) is 11.4 Å². The van der Waals surface area contributed by atoms with Crippen molar-refractivity contribution in [3.63, 3.8) is 0 Å². The van der Waals surface area contributed by atoms with Crippen LogP contribution in [0.15, 0.2) is 42.9 Å².